The highest BCUT2D eigenvalue weighted by molar-refractivity contribution is 7.92. The molecular formula is C19H13FN2O5S. The molecule has 0 saturated heterocycles. The molecule has 1 aromatic heterocycles. The molecule has 1 N–H and O–H groups in total. The molecule has 2 amide bonds. The van der Waals surface area contributed by atoms with E-state index in [4.69, 9.17) is 4.42 Å². The predicted octanol–water partition coefficient (Wildman–Crippen LogP) is 2.70. The Hall–Kier alpha value is -3.46. The number of halogens is 1. The van der Waals surface area contributed by atoms with Gasteiger partial charge < -0.3 is 4.42 Å². The van der Waals surface area contributed by atoms with Crippen molar-refractivity contribution in [2.75, 3.05) is 4.31 Å². The van der Waals surface area contributed by atoms with Crippen LogP contribution in [-0.4, -0.2) is 20.2 Å². The molecule has 2 heterocycles. The SMILES string of the molecule is O=C1NC(=O)c2cc(S(=O)(=O)N(Cc3ccco3)c3ccc(F)cc3)ccc21. The molecular weight excluding hydrogens is 387 g/mol. The number of benzene rings is 2. The van der Waals surface area contributed by atoms with Crippen LogP contribution in [0.4, 0.5) is 10.1 Å². The van der Waals surface area contributed by atoms with Crippen LogP contribution in [0.1, 0.15) is 26.5 Å². The quantitative estimate of drug-likeness (QED) is 0.665. The molecule has 3 aromatic rings. The summed E-state index contributed by atoms with van der Waals surface area (Å²) in [6, 6.07) is 11.9. The van der Waals surface area contributed by atoms with Crippen molar-refractivity contribution in [2.45, 2.75) is 11.4 Å². The second-order valence-electron chi connectivity index (χ2n) is 6.06. The molecule has 28 heavy (non-hydrogen) atoms. The molecule has 0 unspecified atom stereocenters. The number of amides is 2. The molecule has 0 aliphatic carbocycles. The Morgan fingerprint density at radius 2 is 1.68 bits per heavy atom. The van der Waals surface area contributed by atoms with Gasteiger partial charge in [0.1, 0.15) is 11.6 Å². The van der Waals surface area contributed by atoms with E-state index in [1.807, 2.05) is 0 Å². The molecule has 0 radical (unpaired) electrons. The van der Waals surface area contributed by atoms with Gasteiger partial charge in [-0.15, -0.1) is 0 Å². The number of furan rings is 1. The van der Waals surface area contributed by atoms with E-state index in [-0.39, 0.29) is 28.3 Å². The van der Waals surface area contributed by atoms with E-state index in [1.165, 1.54) is 30.5 Å². The van der Waals surface area contributed by atoms with Gasteiger partial charge >= 0.3 is 0 Å². The summed E-state index contributed by atoms with van der Waals surface area (Å²) in [7, 11) is -4.15. The van der Waals surface area contributed by atoms with Crippen molar-refractivity contribution in [3.8, 4) is 0 Å². The summed E-state index contributed by atoms with van der Waals surface area (Å²) >= 11 is 0. The van der Waals surface area contributed by atoms with Crippen molar-refractivity contribution in [3.05, 3.63) is 83.6 Å². The van der Waals surface area contributed by atoms with Gasteiger partial charge in [0.25, 0.3) is 21.8 Å². The first-order chi connectivity index (χ1) is 13.4. The minimum atomic E-state index is -4.15. The maximum absolute atomic E-state index is 13.3. The molecule has 0 saturated carbocycles. The Morgan fingerprint density at radius 3 is 2.36 bits per heavy atom. The third-order valence-electron chi connectivity index (χ3n) is 4.29. The maximum atomic E-state index is 13.3. The lowest BCUT2D eigenvalue weighted by atomic mass is 10.1. The number of hydrogen-bond acceptors (Lipinski definition) is 5. The molecule has 2 aromatic carbocycles. The van der Waals surface area contributed by atoms with Crippen molar-refractivity contribution in [3.63, 3.8) is 0 Å². The number of fused-ring (bicyclic) bond motifs is 1. The van der Waals surface area contributed by atoms with Gasteiger partial charge in [-0.2, -0.15) is 0 Å². The Kier molecular flexibility index (Phi) is 4.23. The zero-order chi connectivity index (χ0) is 19.9. The third kappa shape index (κ3) is 3.05. The number of anilines is 1. The van der Waals surface area contributed by atoms with E-state index in [9.17, 15) is 22.4 Å². The monoisotopic (exact) mass is 400 g/mol. The summed E-state index contributed by atoms with van der Waals surface area (Å²) in [6.45, 7) is -0.136. The zero-order valence-electron chi connectivity index (χ0n) is 14.3. The first-order valence-electron chi connectivity index (χ1n) is 8.17. The normalized spacial score (nSPS) is 13.3. The van der Waals surface area contributed by atoms with Gasteiger partial charge in [0, 0.05) is 0 Å². The third-order valence-corrected chi connectivity index (χ3v) is 6.06. The second kappa shape index (κ2) is 6.61. The Bertz CT molecular complexity index is 1170. The van der Waals surface area contributed by atoms with E-state index in [2.05, 4.69) is 5.32 Å². The number of carbonyl (C=O) groups excluding carboxylic acids is 2. The van der Waals surface area contributed by atoms with Crippen LogP contribution in [0.25, 0.3) is 0 Å². The van der Waals surface area contributed by atoms with E-state index < -0.39 is 27.7 Å². The Balaban J connectivity index is 1.81. The highest BCUT2D eigenvalue weighted by atomic mass is 32.2. The van der Waals surface area contributed by atoms with Gasteiger partial charge in [0.15, 0.2) is 0 Å². The largest absolute Gasteiger partial charge is 0.467 e. The summed E-state index contributed by atoms with van der Waals surface area (Å²) in [6.07, 6.45) is 1.41. The van der Waals surface area contributed by atoms with Gasteiger partial charge in [-0.3, -0.25) is 19.2 Å². The van der Waals surface area contributed by atoms with Gasteiger partial charge in [-0.05, 0) is 54.6 Å². The zero-order valence-corrected chi connectivity index (χ0v) is 15.1. The Morgan fingerprint density at radius 1 is 0.964 bits per heavy atom. The molecule has 0 spiro atoms. The van der Waals surface area contributed by atoms with Crippen molar-refractivity contribution in [1.82, 2.24) is 5.32 Å². The van der Waals surface area contributed by atoms with Crippen LogP contribution in [0, 0.1) is 5.82 Å². The molecule has 1 aliphatic rings. The summed E-state index contributed by atoms with van der Waals surface area (Å²) in [4.78, 5) is 23.4. The van der Waals surface area contributed by atoms with Crippen LogP contribution in [0.2, 0.25) is 0 Å². The summed E-state index contributed by atoms with van der Waals surface area (Å²) in [5.74, 6) is -1.36. The second-order valence-corrected chi connectivity index (χ2v) is 7.92. The lowest BCUT2D eigenvalue weighted by Gasteiger charge is -2.24. The van der Waals surface area contributed by atoms with Crippen LogP contribution in [0.5, 0.6) is 0 Å². The molecule has 4 rings (SSSR count). The molecule has 0 bridgehead atoms. The fourth-order valence-electron chi connectivity index (χ4n) is 2.90. The average molecular weight is 400 g/mol. The lowest BCUT2D eigenvalue weighted by molar-refractivity contribution is 0.0879. The van der Waals surface area contributed by atoms with Gasteiger partial charge in [-0.1, -0.05) is 0 Å². The number of nitrogens with zero attached hydrogens (tertiary/aromatic N) is 1. The fraction of sp³-hybridized carbons (Fsp3) is 0.0526. The number of sulfonamides is 1. The molecule has 9 heteroatoms. The predicted molar refractivity (Wildman–Crippen MR) is 96.7 cm³/mol. The van der Waals surface area contributed by atoms with Crippen molar-refractivity contribution < 1.29 is 26.8 Å². The maximum Gasteiger partial charge on any atom is 0.264 e. The fourth-order valence-corrected chi connectivity index (χ4v) is 4.36. The molecule has 7 nitrogen and oxygen atoms in total. The van der Waals surface area contributed by atoms with Gasteiger partial charge in [0.2, 0.25) is 0 Å². The first kappa shape index (κ1) is 17.9. The smallest absolute Gasteiger partial charge is 0.264 e. The number of hydrogen-bond donors (Lipinski definition) is 1. The number of nitrogens with one attached hydrogen (secondary N) is 1. The number of carbonyl (C=O) groups is 2. The van der Waals surface area contributed by atoms with Gasteiger partial charge in [0.05, 0.1) is 34.5 Å². The van der Waals surface area contributed by atoms with E-state index >= 15 is 0 Å². The van der Waals surface area contributed by atoms with Crippen molar-refractivity contribution >= 4 is 27.5 Å². The van der Waals surface area contributed by atoms with Crippen LogP contribution >= 0.6 is 0 Å². The van der Waals surface area contributed by atoms with Gasteiger partial charge in [-0.25, -0.2) is 12.8 Å². The number of rotatable bonds is 5. The molecule has 142 valence electrons. The van der Waals surface area contributed by atoms with Crippen LogP contribution in [0.3, 0.4) is 0 Å². The minimum absolute atomic E-state index is 0.0110. The summed E-state index contributed by atoms with van der Waals surface area (Å²) in [5, 5.41) is 2.12. The lowest BCUT2D eigenvalue weighted by Crippen LogP contribution is -2.30. The minimum Gasteiger partial charge on any atom is -0.467 e. The van der Waals surface area contributed by atoms with Crippen molar-refractivity contribution in [2.24, 2.45) is 0 Å². The van der Waals surface area contributed by atoms with E-state index in [1.54, 1.807) is 12.1 Å². The topological polar surface area (TPSA) is 96.7 Å². The molecule has 0 atom stereocenters. The standard InChI is InChI=1S/C19H13FN2O5S/c20-12-3-5-13(6-4-12)22(11-14-2-1-9-27-14)28(25,26)15-7-8-16-17(10-15)19(24)21-18(16)23/h1-10H,11H2,(H,21,23,24). The van der Waals surface area contributed by atoms with E-state index in [0.29, 0.717) is 5.76 Å². The van der Waals surface area contributed by atoms with E-state index in [0.717, 1.165) is 22.5 Å². The van der Waals surface area contributed by atoms with Crippen LogP contribution in [-0.2, 0) is 16.6 Å². The van der Waals surface area contributed by atoms with Crippen LogP contribution in [0.15, 0.2) is 70.2 Å². The highest BCUT2D eigenvalue weighted by Gasteiger charge is 2.31. The summed E-state index contributed by atoms with van der Waals surface area (Å²) in [5.41, 5.74) is 0.324. The Labute approximate surface area is 159 Å². The summed E-state index contributed by atoms with van der Waals surface area (Å²) < 4.78 is 46.2. The molecule has 1 aliphatic heterocycles. The number of imide groups is 1. The van der Waals surface area contributed by atoms with Crippen molar-refractivity contribution in [1.29, 1.82) is 0 Å². The van der Waals surface area contributed by atoms with Crippen LogP contribution < -0.4 is 9.62 Å². The average Bonchev–Trinajstić information content (AvgIpc) is 3.28. The first-order valence-corrected chi connectivity index (χ1v) is 9.61. The molecule has 0 fully saturated rings. The highest BCUT2D eigenvalue weighted by Crippen LogP contribution is 2.28.